The Balaban J connectivity index is 2.36. The van der Waals surface area contributed by atoms with Crippen molar-refractivity contribution in [1.82, 2.24) is 0 Å². The molecule has 2 aliphatic rings. The van der Waals surface area contributed by atoms with E-state index < -0.39 is 23.8 Å². The molecule has 1 saturated heterocycles. The van der Waals surface area contributed by atoms with Gasteiger partial charge in [-0.25, -0.2) is 0 Å². The highest BCUT2D eigenvalue weighted by Gasteiger charge is 2.49. The number of fused-ring (bicyclic) bond motifs is 1. The molecule has 0 aromatic heterocycles. The maximum absolute atomic E-state index is 11.2. The van der Waals surface area contributed by atoms with Gasteiger partial charge in [-0.05, 0) is 0 Å². The Morgan fingerprint density at radius 1 is 1.15 bits per heavy atom. The van der Waals surface area contributed by atoms with Crippen LogP contribution in [-0.2, 0) is 14.3 Å². The van der Waals surface area contributed by atoms with Crippen LogP contribution in [0.25, 0.3) is 0 Å². The van der Waals surface area contributed by atoms with E-state index in [2.05, 4.69) is 30.0 Å². The molecule has 3 nitrogen and oxygen atoms in total. The summed E-state index contributed by atoms with van der Waals surface area (Å²) in [5.41, 5.74) is 0. The average molecular weight is 216 g/mol. The van der Waals surface area contributed by atoms with Crippen molar-refractivity contribution in [2.75, 3.05) is 0 Å². The molecule has 1 fully saturated rings. The number of thiol groups is 2. The molecular formula is C8H8O3S2. The first-order valence-corrected chi connectivity index (χ1v) is 4.94. The summed E-state index contributed by atoms with van der Waals surface area (Å²) in [6.07, 6.45) is 3.46. The van der Waals surface area contributed by atoms with E-state index >= 15 is 0 Å². The molecule has 1 aliphatic carbocycles. The minimum absolute atomic E-state index is 0.0944. The van der Waals surface area contributed by atoms with Crippen LogP contribution in [0.5, 0.6) is 0 Å². The Morgan fingerprint density at radius 3 is 2.54 bits per heavy atom. The summed E-state index contributed by atoms with van der Waals surface area (Å²) >= 11 is 8.48. The number of rotatable bonds is 0. The zero-order valence-corrected chi connectivity index (χ0v) is 8.37. The second kappa shape index (κ2) is 3.06. The van der Waals surface area contributed by atoms with Crippen LogP contribution in [0.1, 0.15) is 0 Å². The van der Waals surface area contributed by atoms with E-state index in [1.54, 1.807) is 12.2 Å². The van der Waals surface area contributed by atoms with Crippen LogP contribution in [-0.4, -0.2) is 22.4 Å². The maximum Gasteiger partial charge on any atom is 0.321 e. The van der Waals surface area contributed by atoms with Crippen LogP contribution < -0.4 is 0 Å². The number of esters is 2. The van der Waals surface area contributed by atoms with E-state index in [1.807, 2.05) is 0 Å². The number of ether oxygens (including phenoxy) is 1. The molecule has 13 heavy (non-hydrogen) atoms. The minimum Gasteiger partial charge on any atom is -0.392 e. The summed E-state index contributed by atoms with van der Waals surface area (Å²) in [5.74, 6) is -1.84. The molecule has 1 aliphatic heterocycles. The summed E-state index contributed by atoms with van der Waals surface area (Å²) in [4.78, 5) is 22.3. The molecule has 0 bridgehead atoms. The molecule has 0 spiro atoms. The van der Waals surface area contributed by atoms with Crippen molar-refractivity contribution in [3.63, 3.8) is 0 Å². The quantitative estimate of drug-likeness (QED) is 0.268. The van der Waals surface area contributed by atoms with E-state index in [9.17, 15) is 9.59 Å². The zero-order valence-electron chi connectivity index (χ0n) is 6.58. The lowest BCUT2D eigenvalue weighted by Crippen LogP contribution is -2.35. The molecule has 70 valence electrons. The van der Waals surface area contributed by atoms with Gasteiger partial charge in [0.2, 0.25) is 0 Å². The van der Waals surface area contributed by atoms with Gasteiger partial charge in [0.05, 0.1) is 11.8 Å². The van der Waals surface area contributed by atoms with Crippen molar-refractivity contribution in [1.29, 1.82) is 0 Å². The van der Waals surface area contributed by atoms with Gasteiger partial charge in [0.15, 0.2) is 0 Å². The molecule has 0 saturated carbocycles. The van der Waals surface area contributed by atoms with Gasteiger partial charge in [0, 0.05) is 10.5 Å². The highest BCUT2D eigenvalue weighted by atomic mass is 32.1. The topological polar surface area (TPSA) is 43.4 Å². The molecule has 1 heterocycles. The third-order valence-corrected chi connectivity index (χ3v) is 3.74. The summed E-state index contributed by atoms with van der Waals surface area (Å²) in [5, 5.41) is -0.333. The highest BCUT2D eigenvalue weighted by Crippen LogP contribution is 2.37. The van der Waals surface area contributed by atoms with Gasteiger partial charge in [-0.3, -0.25) is 9.59 Å². The number of cyclic esters (lactones) is 2. The monoisotopic (exact) mass is 216 g/mol. The number of carbonyl (C=O) groups is 2. The third-order valence-electron chi connectivity index (χ3n) is 2.37. The molecule has 4 unspecified atom stereocenters. The second-order valence-corrected chi connectivity index (χ2v) is 4.35. The minimum atomic E-state index is -0.474. The molecule has 0 amide bonds. The van der Waals surface area contributed by atoms with Crippen LogP contribution in [0.2, 0.25) is 0 Å². The van der Waals surface area contributed by atoms with Crippen LogP contribution in [0.15, 0.2) is 12.2 Å². The van der Waals surface area contributed by atoms with Gasteiger partial charge in [-0.2, -0.15) is 25.3 Å². The summed E-state index contributed by atoms with van der Waals surface area (Å²) in [7, 11) is 0. The van der Waals surface area contributed by atoms with E-state index in [4.69, 9.17) is 0 Å². The summed E-state index contributed by atoms with van der Waals surface area (Å²) in [6, 6.07) is 0. The molecular weight excluding hydrogens is 208 g/mol. The number of hydrogen-bond acceptors (Lipinski definition) is 5. The van der Waals surface area contributed by atoms with E-state index in [0.717, 1.165) is 0 Å². The van der Waals surface area contributed by atoms with Crippen molar-refractivity contribution >= 4 is 37.2 Å². The third kappa shape index (κ3) is 1.30. The molecule has 5 heteroatoms. The lowest BCUT2D eigenvalue weighted by molar-refractivity contribution is -0.153. The zero-order chi connectivity index (χ0) is 9.59. The normalized spacial score (nSPS) is 43.2. The SMILES string of the molecule is O=C1OC(=O)C2C1C=CC(S)C2S. The van der Waals surface area contributed by atoms with Crippen molar-refractivity contribution < 1.29 is 14.3 Å². The van der Waals surface area contributed by atoms with Crippen molar-refractivity contribution in [3.8, 4) is 0 Å². The number of carbonyl (C=O) groups excluding carboxylic acids is 2. The molecule has 0 radical (unpaired) electrons. The number of hydrogen-bond donors (Lipinski definition) is 2. The maximum atomic E-state index is 11.2. The highest BCUT2D eigenvalue weighted by molar-refractivity contribution is 7.85. The fourth-order valence-electron chi connectivity index (χ4n) is 1.64. The first-order valence-electron chi connectivity index (χ1n) is 3.91. The smallest absolute Gasteiger partial charge is 0.321 e. The molecule has 0 N–H and O–H groups in total. The Kier molecular flexibility index (Phi) is 2.15. The van der Waals surface area contributed by atoms with E-state index in [-0.39, 0.29) is 10.5 Å². The molecule has 0 aromatic rings. The molecule has 0 aromatic carbocycles. The summed E-state index contributed by atoms with van der Waals surface area (Å²) < 4.78 is 4.52. The predicted molar refractivity (Wildman–Crippen MR) is 52.8 cm³/mol. The van der Waals surface area contributed by atoms with Crippen LogP contribution >= 0.6 is 25.3 Å². The van der Waals surface area contributed by atoms with Gasteiger partial charge in [0.1, 0.15) is 0 Å². The van der Waals surface area contributed by atoms with Gasteiger partial charge in [-0.1, -0.05) is 12.2 Å². The van der Waals surface area contributed by atoms with Gasteiger partial charge in [0.25, 0.3) is 0 Å². The Labute approximate surface area is 86.3 Å². The average Bonchev–Trinajstić information content (AvgIpc) is 2.35. The lowest BCUT2D eigenvalue weighted by atomic mass is 9.85. The van der Waals surface area contributed by atoms with Gasteiger partial charge >= 0.3 is 11.9 Å². The van der Waals surface area contributed by atoms with Crippen LogP contribution in [0.3, 0.4) is 0 Å². The van der Waals surface area contributed by atoms with Crippen molar-refractivity contribution in [2.45, 2.75) is 10.5 Å². The molecule has 4 atom stereocenters. The van der Waals surface area contributed by atoms with Crippen LogP contribution in [0.4, 0.5) is 0 Å². The first-order chi connectivity index (χ1) is 6.11. The summed E-state index contributed by atoms with van der Waals surface area (Å²) in [6.45, 7) is 0. The lowest BCUT2D eigenvalue weighted by Gasteiger charge is -2.25. The first kappa shape index (κ1) is 9.15. The van der Waals surface area contributed by atoms with E-state index in [0.29, 0.717) is 0 Å². The fourth-order valence-corrected chi connectivity index (χ4v) is 2.33. The Hall–Kier alpha value is -0.420. The Morgan fingerprint density at radius 2 is 1.85 bits per heavy atom. The van der Waals surface area contributed by atoms with Crippen LogP contribution in [0, 0.1) is 11.8 Å². The van der Waals surface area contributed by atoms with Crippen molar-refractivity contribution in [2.24, 2.45) is 11.8 Å². The van der Waals surface area contributed by atoms with E-state index in [1.165, 1.54) is 0 Å². The van der Waals surface area contributed by atoms with Gasteiger partial charge < -0.3 is 4.74 Å². The fraction of sp³-hybridized carbons (Fsp3) is 0.500. The van der Waals surface area contributed by atoms with Crippen molar-refractivity contribution in [3.05, 3.63) is 12.2 Å². The Bertz CT molecular complexity index is 300. The standard InChI is InChI=1S/C8H8O3S2/c9-7-3-1-2-4(12)6(13)5(3)8(10)11-7/h1-6,12-13H. The molecule has 2 rings (SSSR count). The second-order valence-electron chi connectivity index (χ2n) is 3.16. The predicted octanol–water partition coefficient (Wildman–Crippen LogP) is 0.469. The largest absolute Gasteiger partial charge is 0.392 e. The van der Waals surface area contributed by atoms with Gasteiger partial charge in [-0.15, -0.1) is 0 Å².